The first-order valence-electron chi connectivity index (χ1n) is 25.2. The Bertz CT molecular complexity index is 2550. The monoisotopic (exact) mass is 882 g/mol. The predicted octanol–water partition coefficient (Wildman–Crippen LogP) is 18.7. The molecule has 344 valence electrons. The third-order valence-corrected chi connectivity index (χ3v) is 16.5. The van der Waals surface area contributed by atoms with Crippen LogP contribution in [-0.4, -0.2) is 0 Å². The average molecular weight is 882 g/mol. The Balaban J connectivity index is 1.03. The zero-order valence-electron chi connectivity index (χ0n) is 42.8. The molecule has 0 N–H and O–H groups in total. The van der Waals surface area contributed by atoms with E-state index in [9.17, 15) is 0 Å². The third kappa shape index (κ3) is 9.09. The Morgan fingerprint density at radius 3 is 0.776 bits per heavy atom. The van der Waals surface area contributed by atoms with Gasteiger partial charge in [0.05, 0.1) is 0 Å². The summed E-state index contributed by atoms with van der Waals surface area (Å²) in [6.45, 7) is 28.9. The highest BCUT2D eigenvalue weighted by Crippen LogP contribution is 2.50. The van der Waals surface area contributed by atoms with Crippen LogP contribution in [0.25, 0.3) is 36.5 Å². The molecule has 6 aromatic rings. The van der Waals surface area contributed by atoms with Crippen molar-refractivity contribution in [1.82, 2.24) is 0 Å². The summed E-state index contributed by atoms with van der Waals surface area (Å²) < 4.78 is 0. The van der Waals surface area contributed by atoms with E-state index >= 15 is 0 Å². The Kier molecular flexibility index (Phi) is 11.9. The predicted molar refractivity (Wildman–Crippen MR) is 293 cm³/mol. The van der Waals surface area contributed by atoms with E-state index in [4.69, 9.17) is 0 Å². The van der Waals surface area contributed by atoms with Crippen LogP contribution in [0.3, 0.4) is 0 Å². The van der Waals surface area contributed by atoms with Crippen molar-refractivity contribution in [1.29, 1.82) is 0 Å². The van der Waals surface area contributed by atoms with Crippen LogP contribution < -0.4 is 4.90 Å². The standard InChI is InChI=1S/C66H75N/c1-61(2)40-43-64(7,8)58-49(16-13-19-55(58)61)31-22-46-25-34-52(35-26-46)67(53-36-27-47(28-37-53)23-32-50-17-14-20-56-59(50)65(9,10)44-41-62(56,3)4)54-38-29-48(30-39-54)24-33-51-18-15-21-57-60(51)66(11,12)45-42-63(57,5)6/h13-39H,40-45H2,1-12H3/b31-22+,32-23+,33-24+. The van der Waals surface area contributed by atoms with Gasteiger partial charge in [-0.3, -0.25) is 0 Å². The molecule has 0 saturated carbocycles. The van der Waals surface area contributed by atoms with E-state index in [0.717, 1.165) is 17.1 Å². The molecule has 0 fully saturated rings. The molecule has 6 aromatic carbocycles. The van der Waals surface area contributed by atoms with Gasteiger partial charge in [-0.05, 0) is 174 Å². The van der Waals surface area contributed by atoms with Crippen LogP contribution in [0.15, 0.2) is 127 Å². The fourth-order valence-electron chi connectivity index (χ4n) is 11.9. The minimum absolute atomic E-state index is 0.150. The highest BCUT2D eigenvalue weighted by molar-refractivity contribution is 5.82. The maximum atomic E-state index is 2.42. The zero-order chi connectivity index (χ0) is 47.6. The number of rotatable bonds is 9. The first-order chi connectivity index (χ1) is 31.7. The SMILES string of the molecule is CC1(C)CCC(C)(C)c2c(/C=C/c3ccc(N(c4ccc(/C=C/c5cccc6c5C(C)(C)CCC6(C)C)cc4)c4ccc(/C=C/c5cccc6c5C(C)(C)CCC6(C)C)cc4)cc3)cccc21. The van der Waals surface area contributed by atoms with Gasteiger partial charge in [-0.15, -0.1) is 0 Å². The molecule has 3 aliphatic rings. The number of anilines is 3. The van der Waals surface area contributed by atoms with E-state index < -0.39 is 0 Å². The fraction of sp³-hybridized carbons (Fsp3) is 0.364. The van der Waals surface area contributed by atoms with Gasteiger partial charge in [-0.1, -0.05) is 211 Å². The normalized spacial score (nSPS) is 19.5. The topological polar surface area (TPSA) is 3.24 Å². The molecule has 0 aromatic heterocycles. The summed E-state index contributed by atoms with van der Waals surface area (Å²) in [5.41, 5.74) is 21.0. The van der Waals surface area contributed by atoms with Crippen molar-refractivity contribution in [2.45, 2.75) is 154 Å². The lowest BCUT2D eigenvalue weighted by atomic mass is 9.62. The molecule has 0 spiro atoms. The molecule has 0 unspecified atom stereocenters. The largest absolute Gasteiger partial charge is 0.311 e. The van der Waals surface area contributed by atoms with Crippen molar-refractivity contribution in [3.8, 4) is 0 Å². The van der Waals surface area contributed by atoms with Crippen LogP contribution in [-0.2, 0) is 32.5 Å². The van der Waals surface area contributed by atoms with E-state index in [2.05, 4.69) is 252 Å². The van der Waals surface area contributed by atoms with Gasteiger partial charge in [-0.25, -0.2) is 0 Å². The molecule has 67 heavy (non-hydrogen) atoms. The molecule has 0 atom stereocenters. The first-order valence-corrected chi connectivity index (χ1v) is 25.2. The quantitative estimate of drug-likeness (QED) is 0.131. The van der Waals surface area contributed by atoms with Crippen LogP contribution in [0.4, 0.5) is 17.1 Å². The maximum absolute atomic E-state index is 2.42. The highest BCUT2D eigenvalue weighted by Gasteiger charge is 2.40. The molecule has 0 radical (unpaired) electrons. The van der Waals surface area contributed by atoms with Gasteiger partial charge in [0, 0.05) is 17.1 Å². The highest BCUT2D eigenvalue weighted by atomic mass is 15.1. The second-order valence-corrected chi connectivity index (χ2v) is 24.2. The van der Waals surface area contributed by atoms with Crippen LogP contribution in [0.5, 0.6) is 0 Å². The lowest BCUT2D eigenvalue weighted by Gasteiger charge is -2.42. The van der Waals surface area contributed by atoms with Crippen molar-refractivity contribution in [2.24, 2.45) is 0 Å². The van der Waals surface area contributed by atoms with Gasteiger partial charge in [0.2, 0.25) is 0 Å². The Hall–Kier alpha value is -5.66. The van der Waals surface area contributed by atoms with E-state index in [1.54, 1.807) is 0 Å². The van der Waals surface area contributed by atoms with Crippen LogP contribution in [0.1, 0.15) is 188 Å². The third-order valence-electron chi connectivity index (χ3n) is 16.5. The van der Waals surface area contributed by atoms with Gasteiger partial charge in [0.15, 0.2) is 0 Å². The second-order valence-electron chi connectivity index (χ2n) is 24.2. The molecule has 9 rings (SSSR count). The fourth-order valence-corrected chi connectivity index (χ4v) is 11.9. The molecule has 1 heteroatoms. The van der Waals surface area contributed by atoms with Gasteiger partial charge < -0.3 is 4.90 Å². The lowest BCUT2D eigenvalue weighted by Crippen LogP contribution is -2.34. The molecule has 0 bridgehead atoms. The number of hydrogen-bond donors (Lipinski definition) is 0. The summed E-state index contributed by atoms with van der Waals surface area (Å²) >= 11 is 0. The minimum atomic E-state index is 0.150. The van der Waals surface area contributed by atoms with E-state index in [0.29, 0.717) is 0 Å². The van der Waals surface area contributed by atoms with Crippen molar-refractivity contribution < 1.29 is 0 Å². The van der Waals surface area contributed by atoms with Crippen molar-refractivity contribution in [3.05, 3.63) is 194 Å². The molecule has 0 amide bonds. The molecule has 0 heterocycles. The van der Waals surface area contributed by atoms with Crippen molar-refractivity contribution in [2.75, 3.05) is 4.90 Å². The van der Waals surface area contributed by atoms with E-state index in [-0.39, 0.29) is 32.5 Å². The Morgan fingerprint density at radius 2 is 0.522 bits per heavy atom. The number of hydrogen-bond acceptors (Lipinski definition) is 1. The van der Waals surface area contributed by atoms with E-state index in [1.807, 2.05) is 0 Å². The first kappa shape index (κ1) is 46.5. The summed E-state index contributed by atoms with van der Waals surface area (Å²) in [6, 6.07) is 48.0. The minimum Gasteiger partial charge on any atom is -0.311 e. The molecular formula is C66H75N. The van der Waals surface area contributed by atoms with Gasteiger partial charge in [0.25, 0.3) is 0 Å². The van der Waals surface area contributed by atoms with Gasteiger partial charge in [0.1, 0.15) is 0 Å². The number of fused-ring (bicyclic) bond motifs is 3. The van der Waals surface area contributed by atoms with Gasteiger partial charge >= 0.3 is 0 Å². The van der Waals surface area contributed by atoms with Crippen LogP contribution in [0.2, 0.25) is 0 Å². The number of nitrogens with zero attached hydrogens (tertiary/aromatic N) is 1. The van der Waals surface area contributed by atoms with Crippen LogP contribution >= 0.6 is 0 Å². The average Bonchev–Trinajstić information content (AvgIpc) is 3.30. The summed E-state index contributed by atoms with van der Waals surface area (Å²) in [6.07, 6.45) is 21.2. The molecule has 0 aliphatic heterocycles. The van der Waals surface area contributed by atoms with E-state index in [1.165, 1.54) is 105 Å². The summed E-state index contributed by atoms with van der Waals surface area (Å²) in [4.78, 5) is 2.39. The van der Waals surface area contributed by atoms with Crippen molar-refractivity contribution in [3.63, 3.8) is 0 Å². The molecular weight excluding hydrogens is 807 g/mol. The second kappa shape index (κ2) is 17.1. The lowest BCUT2D eigenvalue weighted by molar-refractivity contribution is 0.331. The number of benzene rings is 6. The Labute approximate surface area is 404 Å². The summed E-state index contributed by atoms with van der Waals surface area (Å²) in [7, 11) is 0. The molecule has 3 aliphatic carbocycles. The maximum Gasteiger partial charge on any atom is 0.0462 e. The Morgan fingerprint density at radius 1 is 0.284 bits per heavy atom. The zero-order valence-corrected chi connectivity index (χ0v) is 42.8. The van der Waals surface area contributed by atoms with Gasteiger partial charge in [-0.2, -0.15) is 0 Å². The summed E-state index contributed by atoms with van der Waals surface area (Å²) in [5, 5.41) is 0. The molecule has 1 nitrogen and oxygen atoms in total. The van der Waals surface area contributed by atoms with Crippen LogP contribution in [0, 0.1) is 0 Å². The summed E-state index contributed by atoms with van der Waals surface area (Å²) in [5.74, 6) is 0. The molecule has 0 saturated heterocycles. The van der Waals surface area contributed by atoms with Crippen molar-refractivity contribution >= 4 is 53.5 Å². The smallest absolute Gasteiger partial charge is 0.0462 e.